The molecule has 3 nitrogen and oxygen atoms in total. The maximum Gasteiger partial charge on any atom is 0.280 e. The lowest BCUT2D eigenvalue weighted by atomic mass is 10.1. The van der Waals surface area contributed by atoms with E-state index in [-0.39, 0.29) is 5.91 Å². The summed E-state index contributed by atoms with van der Waals surface area (Å²) in [7, 11) is 0. The summed E-state index contributed by atoms with van der Waals surface area (Å²) in [5.74, 6) is 0.0446. The van der Waals surface area contributed by atoms with E-state index in [9.17, 15) is 4.79 Å². The molecule has 0 unspecified atom stereocenters. The van der Waals surface area contributed by atoms with E-state index >= 15 is 0 Å². The molecular formula is C18H18BrNO2. The molecule has 2 rings (SSSR count). The van der Waals surface area contributed by atoms with Crippen LogP contribution in [-0.4, -0.2) is 18.4 Å². The minimum atomic E-state index is -0.316. The Kier molecular flexibility index (Phi) is 5.50. The highest BCUT2D eigenvalue weighted by atomic mass is 79.9. The summed E-state index contributed by atoms with van der Waals surface area (Å²) in [4.78, 5) is 16.5. The van der Waals surface area contributed by atoms with Crippen molar-refractivity contribution in [2.75, 3.05) is 6.61 Å². The van der Waals surface area contributed by atoms with Gasteiger partial charge in [-0.3, -0.25) is 4.79 Å². The van der Waals surface area contributed by atoms with Gasteiger partial charge >= 0.3 is 0 Å². The third-order valence-electron chi connectivity index (χ3n) is 3.02. The summed E-state index contributed by atoms with van der Waals surface area (Å²) in [6, 6.07) is 13.2. The summed E-state index contributed by atoms with van der Waals surface area (Å²) in [6.45, 7) is 6.35. The first kappa shape index (κ1) is 16.4. The molecule has 0 fully saturated rings. The molecule has 0 aliphatic heterocycles. The van der Waals surface area contributed by atoms with E-state index in [4.69, 9.17) is 4.74 Å². The number of carbonyl (C=O) groups excluding carboxylic acids is 1. The van der Waals surface area contributed by atoms with Crippen LogP contribution < -0.4 is 0 Å². The highest BCUT2D eigenvalue weighted by Gasteiger charge is 2.11. The van der Waals surface area contributed by atoms with E-state index in [2.05, 4.69) is 27.0 Å². The van der Waals surface area contributed by atoms with Gasteiger partial charge in [-0.1, -0.05) is 39.2 Å². The fourth-order valence-electron chi connectivity index (χ4n) is 2.19. The van der Waals surface area contributed by atoms with Gasteiger partial charge in [0.25, 0.3) is 5.91 Å². The normalized spacial score (nSPS) is 11.4. The van der Waals surface area contributed by atoms with Gasteiger partial charge in [-0.25, -0.2) is 0 Å². The molecule has 0 saturated carbocycles. The monoisotopic (exact) mass is 359 g/mol. The van der Waals surface area contributed by atoms with Crippen LogP contribution in [0.1, 0.15) is 34.0 Å². The molecule has 0 atom stereocenters. The molecule has 0 saturated heterocycles. The molecule has 0 spiro atoms. The first-order chi connectivity index (χ1) is 10.5. The lowest BCUT2D eigenvalue weighted by Crippen LogP contribution is -2.11. The van der Waals surface area contributed by atoms with Gasteiger partial charge in [0.15, 0.2) is 0 Å². The van der Waals surface area contributed by atoms with E-state index in [1.807, 2.05) is 45.0 Å². The molecule has 22 heavy (non-hydrogen) atoms. The van der Waals surface area contributed by atoms with Crippen molar-refractivity contribution in [2.45, 2.75) is 20.8 Å². The standard InChI is InChI=1S/C18H18BrNO2/c1-4-22-18(15-9-12(2)8-13(3)10-15)20-17(21)14-6-5-7-16(19)11-14/h5-11H,4H2,1-3H3. The predicted octanol–water partition coefficient (Wildman–Crippen LogP) is 4.69. The van der Waals surface area contributed by atoms with Crippen molar-refractivity contribution >= 4 is 27.7 Å². The SMILES string of the molecule is CCOC(=NC(=O)c1cccc(Br)c1)c1cc(C)cc(C)c1. The summed E-state index contributed by atoms with van der Waals surface area (Å²) in [5.41, 5.74) is 3.56. The number of aliphatic imine (C=N–C) groups is 1. The van der Waals surface area contributed by atoms with Crippen LogP contribution in [0.3, 0.4) is 0 Å². The van der Waals surface area contributed by atoms with Crippen LogP contribution in [0.15, 0.2) is 51.9 Å². The van der Waals surface area contributed by atoms with Crippen LogP contribution >= 0.6 is 15.9 Å². The fraction of sp³-hybridized carbons (Fsp3) is 0.222. The van der Waals surface area contributed by atoms with Gasteiger partial charge in [-0.2, -0.15) is 4.99 Å². The van der Waals surface area contributed by atoms with E-state index in [1.54, 1.807) is 12.1 Å². The predicted molar refractivity (Wildman–Crippen MR) is 92.6 cm³/mol. The highest BCUT2D eigenvalue weighted by molar-refractivity contribution is 9.10. The number of hydrogen-bond donors (Lipinski definition) is 0. The van der Waals surface area contributed by atoms with E-state index < -0.39 is 0 Å². The average molecular weight is 360 g/mol. The number of rotatable bonds is 3. The van der Waals surface area contributed by atoms with Crippen molar-refractivity contribution in [2.24, 2.45) is 4.99 Å². The van der Waals surface area contributed by atoms with E-state index in [1.165, 1.54) is 0 Å². The van der Waals surface area contributed by atoms with Crippen molar-refractivity contribution in [3.8, 4) is 0 Å². The molecule has 2 aromatic carbocycles. The Morgan fingerprint density at radius 2 is 1.77 bits per heavy atom. The van der Waals surface area contributed by atoms with Gasteiger partial charge in [0.2, 0.25) is 5.90 Å². The number of nitrogens with zero attached hydrogens (tertiary/aromatic N) is 1. The van der Waals surface area contributed by atoms with Gasteiger partial charge in [0.05, 0.1) is 6.61 Å². The number of amides is 1. The number of benzene rings is 2. The molecule has 0 bridgehead atoms. The maximum absolute atomic E-state index is 12.3. The van der Waals surface area contributed by atoms with Crippen LogP contribution in [0.5, 0.6) is 0 Å². The van der Waals surface area contributed by atoms with E-state index in [0.29, 0.717) is 18.1 Å². The quantitative estimate of drug-likeness (QED) is 0.588. The zero-order valence-electron chi connectivity index (χ0n) is 12.9. The molecule has 0 radical (unpaired) electrons. The molecule has 0 aromatic heterocycles. The second-order valence-electron chi connectivity index (χ2n) is 5.04. The van der Waals surface area contributed by atoms with Crippen LogP contribution in [0.2, 0.25) is 0 Å². The topological polar surface area (TPSA) is 38.7 Å². The summed E-state index contributed by atoms with van der Waals surface area (Å²) in [5, 5.41) is 0. The number of halogens is 1. The van der Waals surface area contributed by atoms with Gasteiger partial charge < -0.3 is 4.74 Å². The molecule has 0 aliphatic carbocycles. The smallest absolute Gasteiger partial charge is 0.280 e. The summed E-state index contributed by atoms with van der Waals surface area (Å²) < 4.78 is 6.42. The summed E-state index contributed by atoms with van der Waals surface area (Å²) >= 11 is 3.36. The van der Waals surface area contributed by atoms with E-state index in [0.717, 1.165) is 21.2 Å². The third-order valence-corrected chi connectivity index (χ3v) is 3.52. The Morgan fingerprint density at radius 1 is 1.09 bits per heavy atom. The van der Waals surface area contributed by atoms with Crippen molar-refractivity contribution in [3.63, 3.8) is 0 Å². The van der Waals surface area contributed by atoms with Crippen molar-refractivity contribution in [1.29, 1.82) is 0 Å². The van der Waals surface area contributed by atoms with Crippen LogP contribution in [-0.2, 0) is 4.74 Å². The third kappa shape index (κ3) is 4.28. The Balaban J connectivity index is 2.40. The number of ether oxygens (including phenoxy) is 1. The van der Waals surface area contributed by atoms with Gasteiger partial charge in [0.1, 0.15) is 0 Å². The first-order valence-corrected chi connectivity index (χ1v) is 7.89. The second-order valence-corrected chi connectivity index (χ2v) is 5.96. The minimum absolute atomic E-state index is 0.316. The Bertz CT molecular complexity index is 703. The molecule has 1 amide bonds. The minimum Gasteiger partial charge on any atom is -0.477 e. The Hall–Kier alpha value is -1.94. The zero-order chi connectivity index (χ0) is 16.1. The molecule has 0 N–H and O–H groups in total. The largest absolute Gasteiger partial charge is 0.477 e. The molecule has 114 valence electrons. The van der Waals surface area contributed by atoms with Gasteiger partial charge in [0, 0.05) is 15.6 Å². The summed E-state index contributed by atoms with van der Waals surface area (Å²) in [6.07, 6.45) is 0. The van der Waals surface area contributed by atoms with Crippen LogP contribution in [0.25, 0.3) is 0 Å². The lowest BCUT2D eigenvalue weighted by molar-refractivity contribution is 0.0999. The number of aryl methyl sites for hydroxylation is 2. The highest BCUT2D eigenvalue weighted by Crippen LogP contribution is 2.15. The fourth-order valence-corrected chi connectivity index (χ4v) is 2.59. The first-order valence-electron chi connectivity index (χ1n) is 7.09. The number of carbonyl (C=O) groups is 1. The van der Waals surface area contributed by atoms with Crippen molar-refractivity contribution in [1.82, 2.24) is 0 Å². The number of hydrogen-bond acceptors (Lipinski definition) is 2. The van der Waals surface area contributed by atoms with Crippen molar-refractivity contribution in [3.05, 3.63) is 69.2 Å². The molecule has 4 heteroatoms. The van der Waals surface area contributed by atoms with Crippen molar-refractivity contribution < 1.29 is 9.53 Å². The Labute approximate surface area is 139 Å². The van der Waals surface area contributed by atoms with Gasteiger partial charge in [-0.15, -0.1) is 0 Å². The zero-order valence-corrected chi connectivity index (χ0v) is 14.5. The molecular weight excluding hydrogens is 342 g/mol. The van der Waals surface area contributed by atoms with Crippen LogP contribution in [0.4, 0.5) is 0 Å². The maximum atomic E-state index is 12.3. The lowest BCUT2D eigenvalue weighted by Gasteiger charge is -2.09. The molecule has 0 heterocycles. The second kappa shape index (κ2) is 7.36. The van der Waals surface area contributed by atoms with Gasteiger partial charge in [-0.05, 0) is 51.1 Å². The average Bonchev–Trinajstić information content (AvgIpc) is 2.45. The van der Waals surface area contributed by atoms with Crippen LogP contribution in [0, 0.1) is 13.8 Å². The Morgan fingerprint density at radius 3 is 2.36 bits per heavy atom. The molecule has 2 aromatic rings. The molecule has 0 aliphatic rings.